The largest absolute Gasteiger partial charge is 0.0845 e. The molecule has 0 nitrogen and oxygen atoms in total. The second kappa shape index (κ2) is 22.8. The van der Waals surface area contributed by atoms with Gasteiger partial charge in [-0.15, -0.1) is 0 Å². The highest BCUT2D eigenvalue weighted by Gasteiger charge is 2.27. The highest BCUT2D eigenvalue weighted by molar-refractivity contribution is 4.90. The van der Waals surface area contributed by atoms with Crippen LogP contribution in [0.1, 0.15) is 142 Å². The normalized spacial score (nSPS) is 18.1. The predicted octanol–water partition coefficient (Wildman–Crippen LogP) is 10.0. The standard InChI is InChI=1S/C14H25.C14H27/c1-3-5-6-7-8-9-10-14-12-11-13(14)4-2;1-3-5-7-9-11-13-14-12-10-8-6-4-2/h2,4,13-14H,3,5-12H2,1H3;1,3H,4-14H2,2H3. The molecule has 2 unspecified atom stereocenters. The minimum atomic E-state index is 0.755. The number of unbranched alkanes of at least 4 members (excludes halogenated alkanes) is 15. The van der Waals surface area contributed by atoms with Gasteiger partial charge >= 0.3 is 0 Å². The van der Waals surface area contributed by atoms with Crippen molar-refractivity contribution in [3.05, 3.63) is 25.3 Å². The second-order valence-electron chi connectivity index (χ2n) is 8.96. The van der Waals surface area contributed by atoms with E-state index in [-0.39, 0.29) is 0 Å². The Bertz CT molecular complexity index is 316. The van der Waals surface area contributed by atoms with E-state index in [1.165, 1.54) is 122 Å². The molecule has 164 valence electrons. The lowest BCUT2D eigenvalue weighted by atomic mass is 9.71. The first kappa shape index (κ1) is 27.5. The second-order valence-corrected chi connectivity index (χ2v) is 8.96. The van der Waals surface area contributed by atoms with E-state index < -0.39 is 0 Å². The average molecular weight is 389 g/mol. The Morgan fingerprint density at radius 3 is 1.46 bits per heavy atom. The molecular formula is C28H52. The molecule has 0 saturated heterocycles. The molecule has 1 rings (SSSR count). The first-order valence-corrected chi connectivity index (χ1v) is 12.9. The molecular weight excluding hydrogens is 336 g/mol. The first-order valence-electron chi connectivity index (χ1n) is 12.9. The Morgan fingerprint density at radius 1 is 0.607 bits per heavy atom. The monoisotopic (exact) mass is 388 g/mol. The van der Waals surface area contributed by atoms with Gasteiger partial charge < -0.3 is 0 Å². The minimum Gasteiger partial charge on any atom is -0.0845 e. The van der Waals surface area contributed by atoms with Crippen molar-refractivity contribution in [2.75, 3.05) is 0 Å². The zero-order valence-electron chi connectivity index (χ0n) is 19.6. The summed E-state index contributed by atoms with van der Waals surface area (Å²) in [5.74, 6) is 1.69. The lowest BCUT2D eigenvalue weighted by molar-refractivity contribution is 0.206. The molecule has 0 N–H and O–H groups in total. The van der Waals surface area contributed by atoms with Crippen LogP contribution in [0.25, 0.3) is 0 Å². The molecule has 2 atom stereocenters. The maximum absolute atomic E-state index is 5.57. The average Bonchev–Trinajstić information content (AvgIpc) is 2.69. The van der Waals surface area contributed by atoms with E-state index >= 15 is 0 Å². The van der Waals surface area contributed by atoms with Crippen LogP contribution in [-0.2, 0) is 0 Å². The molecule has 0 heterocycles. The molecule has 0 amide bonds. The Hall–Kier alpha value is -0.520. The van der Waals surface area contributed by atoms with E-state index in [2.05, 4.69) is 13.8 Å². The fourth-order valence-corrected chi connectivity index (χ4v) is 4.14. The van der Waals surface area contributed by atoms with E-state index in [1.807, 2.05) is 6.08 Å². The molecule has 0 aromatic heterocycles. The zero-order chi connectivity index (χ0) is 20.7. The van der Waals surface area contributed by atoms with Crippen LogP contribution in [0.3, 0.4) is 0 Å². The third-order valence-electron chi connectivity index (χ3n) is 6.38. The van der Waals surface area contributed by atoms with Gasteiger partial charge in [-0.25, -0.2) is 0 Å². The van der Waals surface area contributed by atoms with Crippen molar-refractivity contribution in [2.45, 2.75) is 142 Å². The Morgan fingerprint density at radius 2 is 1.07 bits per heavy atom. The van der Waals surface area contributed by atoms with Gasteiger partial charge in [0.15, 0.2) is 0 Å². The van der Waals surface area contributed by atoms with Crippen LogP contribution in [0, 0.1) is 25.0 Å². The van der Waals surface area contributed by atoms with E-state index in [0.29, 0.717) is 0 Å². The van der Waals surface area contributed by atoms with Crippen molar-refractivity contribution in [3.8, 4) is 0 Å². The fraction of sp³-hybridized carbons (Fsp3) is 0.857. The van der Waals surface area contributed by atoms with Crippen LogP contribution in [0.5, 0.6) is 0 Å². The van der Waals surface area contributed by atoms with Gasteiger partial charge in [0.1, 0.15) is 0 Å². The van der Waals surface area contributed by atoms with Crippen molar-refractivity contribution in [2.24, 2.45) is 11.8 Å². The van der Waals surface area contributed by atoms with Gasteiger partial charge in [-0.05, 0) is 43.9 Å². The Kier molecular flexibility index (Phi) is 22.3. The van der Waals surface area contributed by atoms with Crippen molar-refractivity contribution < 1.29 is 0 Å². The van der Waals surface area contributed by atoms with Gasteiger partial charge in [0.2, 0.25) is 0 Å². The third-order valence-corrected chi connectivity index (χ3v) is 6.38. The molecule has 1 saturated carbocycles. The Labute approximate surface area is 179 Å². The quantitative estimate of drug-likeness (QED) is 0.193. The summed E-state index contributed by atoms with van der Waals surface area (Å²) in [6.45, 7) is 15.4. The van der Waals surface area contributed by atoms with E-state index in [4.69, 9.17) is 13.2 Å². The molecule has 0 bridgehead atoms. The molecule has 0 heteroatoms. The first-order chi connectivity index (χ1) is 13.8. The maximum Gasteiger partial charge on any atom is -0.0202 e. The van der Waals surface area contributed by atoms with Gasteiger partial charge in [0.25, 0.3) is 0 Å². The molecule has 1 aliphatic rings. The molecule has 0 aromatic rings. The molecule has 0 aromatic carbocycles. The molecule has 28 heavy (non-hydrogen) atoms. The summed E-state index contributed by atoms with van der Waals surface area (Å²) >= 11 is 0. The summed E-state index contributed by atoms with van der Waals surface area (Å²) in [5.41, 5.74) is 0. The summed E-state index contributed by atoms with van der Waals surface area (Å²) in [7, 11) is 0. The minimum absolute atomic E-state index is 0.755. The molecule has 0 aliphatic heterocycles. The van der Waals surface area contributed by atoms with Gasteiger partial charge in [-0.2, -0.15) is 0 Å². The van der Waals surface area contributed by atoms with Gasteiger partial charge in [0.05, 0.1) is 0 Å². The van der Waals surface area contributed by atoms with Gasteiger partial charge in [-0.1, -0.05) is 135 Å². The van der Waals surface area contributed by atoms with E-state index in [1.54, 1.807) is 6.08 Å². The SMILES string of the molecule is [CH]=CC1CCC1CCCCCCCC.[CH]=CCCCCCCCCCCCC. The molecule has 1 aliphatic carbocycles. The number of hydrogen-bond acceptors (Lipinski definition) is 0. The summed E-state index contributed by atoms with van der Waals surface area (Å²) in [5, 5.41) is 0. The number of allylic oxidation sites excluding steroid dienone is 2. The topological polar surface area (TPSA) is 0 Å². The van der Waals surface area contributed by atoms with Crippen LogP contribution < -0.4 is 0 Å². The predicted molar refractivity (Wildman–Crippen MR) is 128 cm³/mol. The highest BCUT2D eigenvalue weighted by Crippen LogP contribution is 2.38. The van der Waals surface area contributed by atoms with Gasteiger partial charge in [0, 0.05) is 0 Å². The van der Waals surface area contributed by atoms with E-state index in [9.17, 15) is 0 Å². The number of hydrogen-bond donors (Lipinski definition) is 0. The molecule has 0 spiro atoms. The van der Waals surface area contributed by atoms with E-state index in [0.717, 1.165) is 18.3 Å². The summed E-state index contributed by atoms with van der Waals surface area (Å²) in [6.07, 6.45) is 31.5. The summed E-state index contributed by atoms with van der Waals surface area (Å²) in [6, 6.07) is 0. The van der Waals surface area contributed by atoms with Gasteiger partial charge in [-0.3, -0.25) is 0 Å². The summed E-state index contributed by atoms with van der Waals surface area (Å²) in [4.78, 5) is 0. The molecule has 2 radical (unpaired) electrons. The fourth-order valence-electron chi connectivity index (χ4n) is 4.14. The lowest BCUT2D eigenvalue weighted by Crippen LogP contribution is -2.23. The molecule has 1 fully saturated rings. The highest BCUT2D eigenvalue weighted by atomic mass is 14.3. The van der Waals surface area contributed by atoms with Crippen molar-refractivity contribution >= 4 is 0 Å². The Balaban J connectivity index is 0.000000521. The zero-order valence-corrected chi connectivity index (χ0v) is 19.6. The van der Waals surface area contributed by atoms with Crippen molar-refractivity contribution in [1.29, 1.82) is 0 Å². The van der Waals surface area contributed by atoms with Crippen molar-refractivity contribution in [1.82, 2.24) is 0 Å². The van der Waals surface area contributed by atoms with Crippen molar-refractivity contribution in [3.63, 3.8) is 0 Å². The van der Waals surface area contributed by atoms with Crippen LogP contribution in [0.15, 0.2) is 12.2 Å². The summed E-state index contributed by atoms with van der Waals surface area (Å²) < 4.78 is 0. The smallest absolute Gasteiger partial charge is 0.0202 e. The lowest BCUT2D eigenvalue weighted by Gasteiger charge is -2.34. The van der Waals surface area contributed by atoms with Crippen LogP contribution >= 0.6 is 0 Å². The van der Waals surface area contributed by atoms with Crippen LogP contribution in [0.2, 0.25) is 0 Å². The van der Waals surface area contributed by atoms with Crippen LogP contribution in [0.4, 0.5) is 0 Å². The number of rotatable bonds is 19. The van der Waals surface area contributed by atoms with Crippen LogP contribution in [-0.4, -0.2) is 0 Å². The third kappa shape index (κ3) is 17.6. The maximum atomic E-state index is 5.57.